The predicted octanol–water partition coefficient (Wildman–Crippen LogP) is 4.05. The summed E-state index contributed by atoms with van der Waals surface area (Å²) in [5.74, 6) is 0.435. The number of amides is 2. The van der Waals surface area contributed by atoms with E-state index in [1.54, 1.807) is 17.0 Å². The first-order valence-electron chi connectivity index (χ1n) is 11.7. The second-order valence-corrected chi connectivity index (χ2v) is 9.65. The molecule has 2 amide bonds. The minimum atomic E-state index is -0.0973. The molecule has 0 spiro atoms. The van der Waals surface area contributed by atoms with Crippen LogP contribution in [-0.2, 0) is 11.2 Å². The van der Waals surface area contributed by atoms with Gasteiger partial charge in [-0.3, -0.25) is 14.5 Å². The van der Waals surface area contributed by atoms with Crippen LogP contribution in [0.3, 0.4) is 0 Å². The van der Waals surface area contributed by atoms with Crippen molar-refractivity contribution in [2.75, 3.05) is 39.3 Å². The van der Waals surface area contributed by atoms with Gasteiger partial charge in [0.2, 0.25) is 5.91 Å². The Bertz CT molecular complexity index is 1080. The lowest BCUT2D eigenvalue weighted by atomic mass is 9.93. The Hall–Kier alpha value is -2.90. The van der Waals surface area contributed by atoms with E-state index in [0.29, 0.717) is 38.4 Å². The number of hydrogen-bond acceptors (Lipinski definition) is 5. The molecule has 2 aliphatic heterocycles. The molecule has 0 radical (unpaired) electrons. The number of nitrogens with zero attached hydrogens (tertiary/aromatic N) is 3. The van der Waals surface area contributed by atoms with Crippen LogP contribution < -0.4 is 0 Å². The largest absolute Gasteiger partial charge is 0.459 e. The van der Waals surface area contributed by atoms with Crippen LogP contribution in [0.15, 0.2) is 64.6 Å². The Labute approximate surface area is 198 Å². The molecule has 172 valence electrons. The lowest BCUT2D eigenvalue weighted by Crippen LogP contribution is -2.40. The summed E-state index contributed by atoms with van der Waals surface area (Å²) in [4.78, 5) is 33.3. The first kappa shape index (κ1) is 21.9. The average molecular weight is 464 g/mol. The molecule has 5 rings (SSSR count). The van der Waals surface area contributed by atoms with Crippen LogP contribution in [0.4, 0.5) is 0 Å². The molecule has 1 atom stereocenters. The average Bonchev–Trinajstić information content (AvgIpc) is 3.50. The number of thiophene rings is 1. The van der Waals surface area contributed by atoms with Gasteiger partial charge in [-0.05, 0) is 47.5 Å². The Morgan fingerprint density at radius 3 is 2.58 bits per heavy atom. The van der Waals surface area contributed by atoms with E-state index in [9.17, 15) is 9.59 Å². The molecule has 1 unspecified atom stereocenters. The maximum absolute atomic E-state index is 13.1. The van der Waals surface area contributed by atoms with Gasteiger partial charge in [0.25, 0.3) is 5.91 Å². The van der Waals surface area contributed by atoms with Gasteiger partial charge in [-0.1, -0.05) is 30.3 Å². The van der Waals surface area contributed by atoms with Gasteiger partial charge < -0.3 is 14.2 Å². The standard InChI is InChI=1S/C26H29N3O3S/c30-24(27-12-5-13-29(17-16-27)26(31)22-8-4-18-32-22)10-15-28-14-9-23-21(11-19-33-23)25(28)20-6-2-1-3-7-20/h1-4,6-8,11,18-19,25H,5,9-10,12-17H2. The molecule has 4 heterocycles. The summed E-state index contributed by atoms with van der Waals surface area (Å²) in [7, 11) is 0. The zero-order valence-electron chi connectivity index (χ0n) is 18.7. The SMILES string of the molecule is O=C(CCN1CCc2sccc2C1c1ccccc1)N1CCCN(C(=O)c2ccco2)CC1. The first-order valence-corrected chi connectivity index (χ1v) is 12.5. The molecule has 2 aromatic heterocycles. The summed E-state index contributed by atoms with van der Waals surface area (Å²) < 4.78 is 5.26. The van der Waals surface area contributed by atoms with Crippen LogP contribution in [0.5, 0.6) is 0 Å². The molecule has 1 saturated heterocycles. The Morgan fingerprint density at radius 1 is 0.939 bits per heavy atom. The molecule has 0 bridgehead atoms. The smallest absolute Gasteiger partial charge is 0.289 e. The molecule has 6 nitrogen and oxygen atoms in total. The summed E-state index contributed by atoms with van der Waals surface area (Å²) in [6.45, 7) is 4.15. The molecular weight excluding hydrogens is 434 g/mol. The van der Waals surface area contributed by atoms with Crippen molar-refractivity contribution in [3.63, 3.8) is 0 Å². The highest BCUT2D eigenvalue weighted by atomic mass is 32.1. The van der Waals surface area contributed by atoms with Crippen molar-refractivity contribution in [1.29, 1.82) is 0 Å². The minimum absolute atomic E-state index is 0.0973. The van der Waals surface area contributed by atoms with E-state index >= 15 is 0 Å². The van der Waals surface area contributed by atoms with Gasteiger partial charge in [-0.2, -0.15) is 0 Å². The van der Waals surface area contributed by atoms with Crippen LogP contribution >= 0.6 is 11.3 Å². The van der Waals surface area contributed by atoms with Crippen molar-refractivity contribution >= 4 is 23.2 Å². The van der Waals surface area contributed by atoms with Gasteiger partial charge in [0.1, 0.15) is 0 Å². The third-order valence-corrected chi connectivity index (χ3v) is 7.66. The van der Waals surface area contributed by atoms with Crippen molar-refractivity contribution in [1.82, 2.24) is 14.7 Å². The Morgan fingerprint density at radius 2 is 1.76 bits per heavy atom. The summed E-state index contributed by atoms with van der Waals surface area (Å²) in [6, 6.07) is 16.5. The first-order chi connectivity index (χ1) is 16.2. The van der Waals surface area contributed by atoms with Crippen LogP contribution in [0.2, 0.25) is 0 Å². The third kappa shape index (κ3) is 4.75. The van der Waals surface area contributed by atoms with Crippen molar-refractivity contribution < 1.29 is 14.0 Å². The topological polar surface area (TPSA) is 57.0 Å². The van der Waals surface area contributed by atoms with Crippen molar-refractivity contribution in [2.45, 2.75) is 25.3 Å². The summed E-state index contributed by atoms with van der Waals surface area (Å²) >= 11 is 1.84. The number of furan rings is 1. The molecule has 0 aliphatic carbocycles. The number of hydrogen-bond donors (Lipinski definition) is 0. The van der Waals surface area contributed by atoms with Gasteiger partial charge in [0, 0.05) is 50.6 Å². The van der Waals surface area contributed by atoms with E-state index in [-0.39, 0.29) is 17.9 Å². The van der Waals surface area contributed by atoms with E-state index in [1.807, 2.05) is 22.3 Å². The highest BCUT2D eigenvalue weighted by Gasteiger charge is 2.30. The lowest BCUT2D eigenvalue weighted by molar-refractivity contribution is -0.131. The van der Waals surface area contributed by atoms with E-state index in [2.05, 4.69) is 40.6 Å². The van der Waals surface area contributed by atoms with Crippen LogP contribution in [0.25, 0.3) is 0 Å². The minimum Gasteiger partial charge on any atom is -0.459 e. The van der Waals surface area contributed by atoms with Crippen molar-refractivity contribution in [3.8, 4) is 0 Å². The zero-order valence-corrected chi connectivity index (χ0v) is 19.5. The number of carbonyl (C=O) groups excluding carboxylic acids is 2. The Balaban J connectivity index is 1.21. The lowest BCUT2D eigenvalue weighted by Gasteiger charge is -2.36. The highest BCUT2D eigenvalue weighted by Crippen LogP contribution is 2.37. The van der Waals surface area contributed by atoms with E-state index in [1.165, 1.54) is 22.3 Å². The molecule has 7 heteroatoms. The molecule has 2 aliphatic rings. The Kier molecular flexibility index (Phi) is 6.60. The van der Waals surface area contributed by atoms with Crippen molar-refractivity contribution in [2.24, 2.45) is 0 Å². The van der Waals surface area contributed by atoms with Gasteiger partial charge in [-0.15, -0.1) is 11.3 Å². The van der Waals surface area contributed by atoms with Crippen molar-refractivity contribution in [3.05, 3.63) is 81.9 Å². The van der Waals surface area contributed by atoms with Gasteiger partial charge in [0.15, 0.2) is 5.76 Å². The van der Waals surface area contributed by atoms with Gasteiger partial charge in [0.05, 0.1) is 12.3 Å². The molecule has 1 fully saturated rings. The molecular formula is C26H29N3O3S. The number of carbonyl (C=O) groups is 2. The maximum atomic E-state index is 13.1. The second-order valence-electron chi connectivity index (χ2n) is 8.65. The molecule has 3 aromatic rings. The van der Waals surface area contributed by atoms with E-state index < -0.39 is 0 Å². The van der Waals surface area contributed by atoms with Crippen LogP contribution in [-0.4, -0.2) is 65.8 Å². The van der Waals surface area contributed by atoms with Crippen LogP contribution in [0, 0.1) is 0 Å². The molecule has 0 saturated carbocycles. The summed E-state index contributed by atoms with van der Waals surface area (Å²) in [6.07, 6.45) is 3.84. The number of rotatable bonds is 5. The van der Waals surface area contributed by atoms with Crippen LogP contribution in [0.1, 0.15) is 45.4 Å². The number of fused-ring (bicyclic) bond motifs is 1. The molecule has 1 aromatic carbocycles. The zero-order chi connectivity index (χ0) is 22.6. The van der Waals surface area contributed by atoms with E-state index in [0.717, 1.165) is 25.9 Å². The summed E-state index contributed by atoms with van der Waals surface area (Å²) in [5, 5.41) is 2.18. The van der Waals surface area contributed by atoms with E-state index in [4.69, 9.17) is 4.42 Å². The van der Waals surface area contributed by atoms with Gasteiger partial charge in [-0.25, -0.2) is 0 Å². The predicted molar refractivity (Wildman–Crippen MR) is 128 cm³/mol. The fraction of sp³-hybridized carbons (Fsp3) is 0.385. The fourth-order valence-electron chi connectivity index (χ4n) is 4.96. The third-order valence-electron chi connectivity index (χ3n) is 6.66. The normalized spacial score (nSPS) is 19.2. The maximum Gasteiger partial charge on any atom is 0.289 e. The second kappa shape index (κ2) is 9.93. The quantitative estimate of drug-likeness (QED) is 0.573. The fourth-order valence-corrected chi connectivity index (χ4v) is 5.86. The highest BCUT2D eigenvalue weighted by molar-refractivity contribution is 7.10. The molecule has 0 N–H and O–H groups in total. The monoisotopic (exact) mass is 463 g/mol. The molecule has 33 heavy (non-hydrogen) atoms. The summed E-state index contributed by atoms with van der Waals surface area (Å²) in [5.41, 5.74) is 2.66. The van der Waals surface area contributed by atoms with Gasteiger partial charge >= 0.3 is 0 Å². The number of benzene rings is 1.